The normalized spacial score (nSPS) is 19.9. The highest BCUT2D eigenvalue weighted by Crippen LogP contribution is 2.32. The summed E-state index contributed by atoms with van der Waals surface area (Å²) in [7, 11) is -3.86. The number of H-pyrrole nitrogens is 1. The molecule has 2 unspecified atom stereocenters. The molecule has 4 aromatic rings. The summed E-state index contributed by atoms with van der Waals surface area (Å²) in [5.74, 6) is -0.552. The van der Waals surface area contributed by atoms with Crippen molar-refractivity contribution in [1.29, 1.82) is 0 Å². The Morgan fingerprint density at radius 3 is 2.77 bits per heavy atom. The monoisotopic (exact) mass is 438 g/mol. The van der Waals surface area contributed by atoms with E-state index in [1.165, 1.54) is 22.5 Å². The Morgan fingerprint density at radius 1 is 1.16 bits per heavy atom. The highest BCUT2D eigenvalue weighted by atomic mass is 32.2. The molecule has 1 fully saturated rings. The summed E-state index contributed by atoms with van der Waals surface area (Å²) in [6.45, 7) is 2.98. The zero-order valence-corrected chi connectivity index (χ0v) is 17.9. The third-order valence-corrected chi connectivity index (χ3v) is 8.10. The van der Waals surface area contributed by atoms with Crippen LogP contribution < -0.4 is 0 Å². The van der Waals surface area contributed by atoms with Gasteiger partial charge in [0.05, 0.1) is 6.20 Å². The summed E-state index contributed by atoms with van der Waals surface area (Å²) in [5.41, 5.74) is 3.24. The number of benzene rings is 2. The number of fused-ring (bicyclic) bond motifs is 1. The minimum atomic E-state index is -3.86. The minimum absolute atomic E-state index is 0.153. The molecule has 0 amide bonds. The largest absolute Gasteiger partial charge is 0.347 e. The van der Waals surface area contributed by atoms with Crippen molar-refractivity contribution in [2.45, 2.75) is 30.8 Å². The predicted octanol–water partition coefficient (Wildman–Crippen LogP) is 4.27. The molecule has 1 N–H and O–H groups in total. The van der Waals surface area contributed by atoms with E-state index in [1.54, 1.807) is 12.3 Å². The van der Waals surface area contributed by atoms with Crippen LogP contribution in [-0.2, 0) is 16.6 Å². The number of aromatic nitrogens is 3. The number of hydrogen-bond donors (Lipinski definition) is 1. The molecule has 1 aliphatic heterocycles. The zero-order chi connectivity index (χ0) is 21.6. The van der Waals surface area contributed by atoms with Crippen molar-refractivity contribution in [3.05, 3.63) is 72.9 Å². The van der Waals surface area contributed by atoms with E-state index in [0.29, 0.717) is 13.1 Å². The lowest BCUT2D eigenvalue weighted by Gasteiger charge is -2.21. The summed E-state index contributed by atoms with van der Waals surface area (Å²) >= 11 is 0. The summed E-state index contributed by atoms with van der Waals surface area (Å²) < 4.78 is 43.9. The van der Waals surface area contributed by atoms with Gasteiger partial charge >= 0.3 is 0 Å². The van der Waals surface area contributed by atoms with Crippen LogP contribution in [0.1, 0.15) is 13.3 Å². The SMILES string of the molecule is CC1CC(Cn2ccc3cc(-c4cn[nH]c4)ccc32)CN1S(=O)(=O)c1ccccc1F. The van der Waals surface area contributed by atoms with Crippen molar-refractivity contribution in [2.24, 2.45) is 5.92 Å². The Kier molecular flexibility index (Phi) is 4.91. The molecule has 3 heterocycles. The lowest BCUT2D eigenvalue weighted by molar-refractivity contribution is 0.396. The number of aromatic amines is 1. The van der Waals surface area contributed by atoms with Gasteiger partial charge in [-0.05, 0) is 55.2 Å². The van der Waals surface area contributed by atoms with Crippen molar-refractivity contribution in [2.75, 3.05) is 6.54 Å². The first-order valence-electron chi connectivity index (χ1n) is 10.3. The molecule has 160 valence electrons. The van der Waals surface area contributed by atoms with Crippen LogP contribution in [0.3, 0.4) is 0 Å². The van der Waals surface area contributed by atoms with Crippen molar-refractivity contribution in [3.63, 3.8) is 0 Å². The smallest absolute Gasteiger partial charge is 0.246 e. The minimum Gasteiger partial charge on any atom is -0.347 e. The lowest BCUT2D eigenvalue weighted by Crippen LogP contribution is -2.34. The number of hydrogen-bond acceptors (Lipinski definition) is 3. The Morgan fingerprint density at radius 2 is 2.00 bits per heavy atom. The number of rotatable bonds is 5. The van der Waals surface area contributed by atoms with Crippen LogP contribution in [0.4, 0.5) is 4.39 Å². The van der Waals surface area contributed by atoms with Crippen LogP contribution in [0.5, 0.6) is 0 Å². The molecule has 5 rings (SSSR count). The van der Waals surface area contributed by atoms with Gasteiger partial charge in [0, 0.05) is 48.0 Å². The molecule has 1 saturated heterocycles. The molecular formula is C23H23FN4O2S. The number of nitrogens with one attached hydrogen (secondary N) is 1. The quantitative estimate of drug-likeness (QED) is 0.506. The van der Waals surface area contributed by atoms with Gasteiger partial charge < -0.3 is 4.57 Å². The van der Waals surface area contributed by atoms with Gasteiger partial charge in [0.15, 0.2) is 0 Å². The topological polar surface area (TPSA) is 71.0 Å². The summed E-state index contributed by atoms with van der Waals surface area (Å²) in [6.07, 6.45) is 6.44. The van der Waals surface area contributed by atoms with E-state index >= 15 is 0 Å². The van der Waals surface area contributed by atoms with Crippen molar-refractivity contribution in [3.8, 4) is 11.1 Å². The van der Waals surface area contributed by atoms with E-state index in [9.17, 15) is 12.8 Å². The van der Waals surface area contributed by atoms with E-state index in [2.05, 4.69) is 39.0 Å². The fourth-order valence-electron chi connectivity index (χ4n) is 4.58. The van der Waals surface area contributed by atoms with Gasteiger partial charge in [-0.15, -0.1) is 0 Å². The predicted molar refractivity (Wildman–Crippen MR) is 117 cm³/mol. The molecular weight excluding hydrogens is 415 g/mol. The van der Waals surface area contributed by atoms with E-state index in [0.717, 1.165) is 28.5 Å². The van der Waals surface area contributed by atoms with Gasteiger partial charge in [-0.1, -0.05) is 18.2 Å². The third-order valence-electron chi connectivity index (χ3n) is 6.08. The van der Waals surface area contributed by atoms with Gasteiger partial charge in [-0.3, -0.25) is 5.10 Å². The zero-order valence-electron chi connectivity index (χ0n) is 17.1. The van der Waals surface area contributed by atoms with E-state index < -0.39 is 15.8 Å². The molecule has 0 saturated carbocycles. The van der Waals surface area contributed by atoms with Crippen LogP contribution >= 0.6 is 0 Å². The Labute approximate surface area is 180 Å². The van der Waals surface area contributed by atoms with E-state index in [1.807, 2.05) is 19.3 Å². The molecule has 31 heavy (non-hydrogen) atoms. The van der Waals surface area contributed by atoms with Crippen molar-refractivity contribution in [1.82, 2.24) is 19.1 Å². The lowest BCUT2D eigenvalue weighted by atomic mass is 10.1. The molecule has 0 radical (unpaired) electrons. The molecule has 0 aliphatic carbocycles. The summed E-state index contributed by atoms with van der Waals surface area (Å²) in [4.78, 5) is -0.249. The van der Waals surface area contributed by atoms with Crippen LogP contribution in [0.25, 0.3) is 22.0 Å². The molecule has 0 bridgehead atoms. The first-order chi connectivity index (χ1) is 14.9. The van der Waals surface area contributed by atoms with Gasteiger partial charge in [0.2, 0.25) is 10.0 Å². The Balaban J connectivity index is 1.37. The maximum atomic E-state index is 14.2. The molecule has 2 atom stereocenters. The molecule has 8 heteroatoms. The number of nitrogens with zero attached hydrogens (tertiary/aromatic N) is 3. The van der Waals surface area contributed by atoms with Gasteiger partial charge in [0.25, 0.3) is 0 Å². The van der Waals surface area contributed by atoms with Gasteiger partial charge in [-0.25, -0.2) is 12.8 Å². The highest BCUT2D eigenvalue weighted by Gasteiger charge is 2.39. The molecule has 0 spiro atoms. The number of halogens is 1. The fraction of sp³-hybridized carbons (Fsp3) is 0.261. The Bertz CT molecular complexity index is 1330. The van der Waals surface area contributed by atoms with Crippen molar-refractivity contribution < 1.29 is 12.8 Å². The maximum absolute atomic E-state index is 14.2. The van der Waals surface area contributed by atoms with Crippen LogP contribution in [-0.4, -0.2) is 40.1 Å². The van der Waals surface area contributed by atoms with Gasteiger partial charge in [0.1, 0.15) is 10.7 Å². The van der Waals surface area contributed by atoms with Crippen molar-refractivity contribution >= 4 is 20.9 Å². The second-order valence-electron chi connectivity index (χ2n) is 8.18. The maximum Gasteiger partial charge on any atom is 0.246 e. The Hall–Kier alpha value is -2.97. The standard InChI is InChI=1S/C23H23FN4O2S/c1-16-10-17(15-28(16)31(29,30)23-5-3-2-4-21(23)24)14-27-9-8-19-11-18(6-7-22(19)27)20-12-25-26-13-20/h2-9,11-13,16-17H,10,14-15H2,1H3,(H,25,26). The van der Waals surface area contributed by atoms with Crippen LogP contribution in [0.2, 0.25) is 0 Å². The molecule has 2 aromatic carbocycles. The second kappa shape index (κ2) is 7.62. The first kappa shape index (κ1) is 20.0. The molecule has 2 aromatic heterocycles. The second-order valence-corrected chi connectivity index (χ2v) is 10.0. The molecule has 1 aliphatic rings. The fourth-order valence-corrected chi connectivity index (χ4v) is 6.37. The van der Waals surface area contributed by atoms with Crippen LogP contribution in [0.15, 0.2) is 72.0 Å². The summed E-state index contributed by atoms with van der Waals surface area (Å²) in [5, 5.41) is 7.96. The van der Waals surface area contributed by atoms with E-state index in [4.69, 9.17) is 0 Å². The van der Waals surface area contributed by atoms with Gasteiger partial charge in [-0.2, -0.15) is 9.40 Å². The number of sulfonamides is 1. The average molecular weight is 439 g/mol. The third kappa shape index (κ3) is 3.55. The molecule has 6 nitrogen and oxygen atoms in total. The summed E-state index contributed by atoms with van der Waals surface area (Å²) in [6, 6.07) is 13.8. The average Bonchev–Trinajstić information content (AvgIpc) is 3.49. The van der Waals surface area contributed by atoms with Crippen LogP contribution in [0, 0.1) is 11.7 Å². The van der Waals surface area contributed by atoms with E-state index in [-0.39, 0.29) is 16.9 Å². The first-order valence-corrected chi connectivity index (χ1v) is 11.7. The highest BCUT2D eigenvalue weighted by molar-refractivity contribution is 7.89.